The van der Waals surface area contributed by atoms with Gasteiger partial charge in [-0.05, 0) is 34.6 Å². The summed E-state index contributed by atoms with van der Waals surface area (Å²) in [5.74, 6) is 0. The van der Waals surface area contributed by atoms with Crippen molar-refractivity contribution in [2.75, 3.05) is 6.54 Å². The first-order valence-corrected chi connectivity index (χ1v) is 6.77. The van der Waals surface area contributed by atoms with Crippen molar-refractivity contribution in [2.45, 2.75) is 52.3 Å². The summed E-state index contributed by atoms with van der Waals surface area (Å²) in [6.45, 7) is 10.1. The summed E-state index contributed by atoms with van der Waals surface area (Å²) in [6, 6.07) is 0.0376. The van der Waals surface area contributed by atoms with Crippen LogP contribution in [-0.2, 0) is 4.74 Å². The topological polar surface area (TPSA) is 76.1 Å². The predicted molar refractivity (Wildman–Crippen MR) is 77.3 cm³/mol. The van der Waals surface area contributed by atoms with E-state index in [-0.39, 0.29) is 12.1 Å². The third kappa shape index (κ3) is 6.47. The zero-order valence-corrected chi connectivity index (χ0v) is 12.8. The van der Waals surface area contributed by atoms with E-state index in [9.17, 15) is 4.79 Å². The molecule has 1 rings (SSSR count). The molecule has 1 amide bonds. The van der Waals surface area contributed by atoms with Crippen LogP contribution in [0.2, 0.25) is 0 Å². The number of hydrogen-bond acceptors (Lipinski definition) is 5. The molecule has 20 heavy (non-hydrogen) atoms. The lowest BCUT2D eigenvalue weighted by Gasteiger charge is -2.23. The fraction of sp³-hybridized carbons (Fsp3) is 0.643. The van der Waals surface area contributed by atoms with Crippen LogP contribution in [0.15, 0.2) is 18.6 Å². The van der Waals surface area contributed by atoms with Crippen LogP contribution in [-0.4, -0.2) is 34.2 Å². The molecule has 0 saturated heterocycles. The van der Waals surface area contributed by atoms with Gasteiger partial charge in [-0.15, -0.1) is 0 Å². The molecule has 0 aliphatic heterocycles. The minimum absolute atomic E-state index is 0.0380. The third-order valence-corrected chi connectivity index (χ3v) is 2.52. The van der Waals surface area contributed by atoms with E-state index < -0.39 is 11.7 Å². The average molecular weight is 280 g/mol. The van der Waals surface area contributed by atoms with Crippen molar-refractivity contribution in [1.82, 2.24) is 20.6 Å². The van der Waals surface area contributed by atoms with Crippen LogP contribution in [0.4, 0.5) is 4.79 Å². The number of carbonyl (C=O) groups excluding carboxylic acids is 1. The summed E-state index contributed by atoms with van der Waals surface area (Å²) in [7, 11) is 0. The first-order chi connectivity index (χ1) is 9.28. The molecule has 0 aromatic carbocycles. The summed E-state index contributed by atoms with van der Waals surface area (Å²) in [6.07, 6.45) is 4.63. The van der Waals surface area contributed by atoms with Crippen LogP contribution >= 0.6 is 0 Å². The number of aromatic nitrogens is 2. The molecule has 2 unspecified atom stereocenters. The van der Waals surface area contributed by atoms with Crippen molar-refractivity contribution < 1.29 is 9.53 Å². The Hall–Kier alpha value is -1.69. The highest BCUT2D eigenvalue weighted by Crippen LogP contribution is 2.08. The van der Waals surface area contributed by atoms with Gasteiger partial charge in [0.25, 0.3) is 0 Å². The molecule has 1 heterocycles. The van der Waals surface area contributed by atoms with Crippen molar-refractivity contribution >= 4 is 6.09 Å². The molecule has 112 valence electrons. The van der Waals surface area contributed by atoms with E-state index in [0.717, 1.165) is 5.69 Å². The van der Waals surface area contributed by atoms with Crippen molar-refractivity contribution in [3.05, 3.63) is 24.3 Å². The molecule has 0 radical (unpaired) electrons. The Morgan fingerprint density at radius 2 is 2.05 bits per heavy atom. The molecule has 0 spiro atoms. The highest BCUT2D eigenvalue weighted by atomic mass is 16.6. The Morgan fingerprint density at radius 3 is 2.60 bits per heavy atom. The molecule has 0 saturated carbocycles. The first-order valence-electron chi connectivity index (χ1n) is 6.77. The lowest BCUT2D eigenvalue weighted by atomic mass is 10.2. The molecule has 2 atom stereocenters. The van der Waals surface area contributed by atoms with Crippen LogP contribution in [0.1, 0.15) is 46.4 Å². The van der Waals surface area contributed by atoms with Gasteiger partial charge in [0, 0.05) is 37.2 Å². The Balaban J connectivity index is 2.33. The molecular weight excluding hydrogens is 256 g/mol. The fourth-order valence-corrected chi connectivity index (χ4v) is 1.55. The SMILES string of the molecule is CC(CNC(C)c1cnccn1)NC(=O)OC(C)(C)C. The molecule has 6 heteroatoms. The second-order valence-electron chi connectivity index (χ2n) is 5.81. The van der Waals surface area contributed by atoms with Gasteiger partial charge >= 0.3 is 6.09 Å². The maximum absolute atomic E-state index is 11.6. The summed E-state index contributed by atoms with van der Waals surface area (Å²) in [5.41, 5.74) is 0.390. The van der Waals surface area contributed by atoms with Crippen molar-refractivity contribution in [2.24, 2.45) is 0 Å². The Bertz CT molecular complexity index is 417. The summed E-state index contributed by atoms with van der Waals surface area (Å²) >= 11 is 0. The second kappa shape index (κ2) is 7.19. The number of amides is 1. The van der Waals surface area contributed by atoms with Crippen molar-refractivity contribution in [3.8, 4) is 0 Å². The minimum atomic E-state index is -0.482. The van der Waals surface area contributed by atoms with E-state index in [4.69, 9.17) is 4.74 Å². The van der Waals surface area contributed by atoms with E-state index >= 15 is 0 Å². The fourth-order valence-electron chi connectivity index (χ4n) is 1.55. The van der Waals surface area contributed by atoms with Crippen LogP contribution in [0.5, 0.6) is 0 Å². The van der Waals surface area contributed by atoms with Gasteiger partial charge in [-0.1, -0.05) is 0 Å². The maximum atomic E-state index is 11.6. The largest absolute Gasteiger partial charge is 0.444 e. The monoisotopic (exact) mass is 280 g/mol. The summed E-state index contributed by atoms with van der Waals surface area (Å²) in [5, 5.41) is 6.08. The normalized spacial score (nSPS) is 14.4. The zero-order chi connectivity index (χ0) is 15.2. The van der Waals surface area contributed by atoms with Gasteiger partial charge in [-0.3, -0.25) is 9.97 Å². The summed E-state index contributed by atoms with van der Waals surface area (Å²) < 4.78 is 5.20. The highest BCUT2D eigenvalue weighted by Gasteiger charge is 2.18. The average Bonchev–Trinajstić information content (AvgIpc) is 2.34. The number of ether oxygens (including phenoxy) is 1. The molecule has 0 aliphatic rings. The molecule has 6 nitrogen and oxygen atoms in total. The van der Waals surface area contributed by atoms with Crippen LogP contribution < -0.4 is 10.6 Å². The van der Waals surface area contributed by atoms with Gasteiger partial charge in [-0.2, -0.15) is 0 Å². The zero-order valence-electron chi connectivity index (χ0n) is 12.8. The number of hydrogen-bond donors (Lipinski definition) is 2. The molecule has 0 bridgehead atoms. The van der Waals surface area contributed by atoms with Gasteiger partial charge < -0.3 is 15.4 Å². The number of nitrogens with zero attached hydrogens (tertiary/aromatic N) is 2. The van der Waals surface area contributed by atoms with Gasteiger partial charge in [0.2, 0.25) is 0 Å². The van der Waals surface area contributed by atoms with E-state index in [1.165, 1.54) is 0 Å². The predicted octanol–water partition coefficient (Wildman–Crippen LogP) is 2.04. The van der Waals surface area contributed by atoms with Gasteiger partial charge in [-0.25, -0.2) is 4.79 Å². The third-order valence-electron chi connectivity index (χ3n) is 2.52. The van der Waals surface area contributed by atoms with Crippen LogP contribution in [0.3, 0.4) is 0 Å². The van der Waals surface area contributed by atoms with Crippen LogP contribution in [0, 0.1) is 0 Å². The standard InChI is InChI=1S/C14H24N4O2/c1-10(18-13(19)20-14(3,4)5)8-17-11(2)12-9-15-6-7-16-12/h6-7,9-11,17H,8H2,1-5H3,(H,18,19). The first kappa shape index (κ1) is 16.4. The molecule has 0 fully saturated rings. The molecular formula is C14H24N4O2. The van der Waals surface area contributed by atoms with Gasteiger partial charge in [0.15, 0.2) is 0 Å². The Kier molecular flexibility index (Phi) is 5.88. The molecule has 1 aromatic heterocycles. The number of alkyl carbamates (subject to hydrolysis) is 1. The van der Waals surface area contributed by atoms with E-state index in [1.54, 1.807) is 18.6 Å². The maximum Gasteiger partial charge on any atom is 0.407 e. The van der Waals surface area contributed by atoms with Gasteiger partial charge in [0.05, 0.1) is 5.69 Å². The molecule has 1 aromatic rings. The second-order valence-corrected chi connectivity index (χ2v) is 5.81. The lowest BCUT2D eigenvalue weighted by Crippen LogP contribution is -2.43. The van der Waals surface area contributed by atoms with Crippen molar-refractivity contribution in [1.29, 1.82) is 0 Å². The van der Waals surface area contributed by atoms with E-state index in [1.807, 2.05) is 34.6 Å². The molecule has 0 aliphatic carbocycles. The van der Waals surface area contributed by atoms with Gasteiger partial charge in [0.1, 0.15) is 5.60 Å². The highest BCUT2D eigenvalue weighted by molar-refractivity contribution is 5.68. The van der Waals surface area contributed by atoms with E-state index in [0.29, 0.717) is 6.54 Å². The Morgan fingerprint density at radius 1 is 1.35 bits per heavy atom. The van der Waals surface area contributed by atoms with E-state index in [2.05, 4.69) is 20.6 Å². The van der Waals surface area contributed by atoms with Crippen molar-refractivity contribution in [3.63, 3.8) is 0 Å². The molecule has 2 N–H and O–H groups in total. The Labute approximate surface area is 120 Å². The smallest absolute Gasteiger partial charge is 0.407 e. The number of rotatable bonds is 5. The van der Waals surface area contributed by atoms with Crippen LogP contribution in [0.25, 0.3) is 0 Å². The number of nitrogens with one attached hydrogen (secondary N) is 2. The lowest BCUT2D eigenvalue weighted by molar-refractivity contribution is 0.0507. The summed E-state index contributed by atoms with van der Waals surface area (Å²) in [4.78, 5) is 19.9. The minimum Gasteiger partial charge on any atom is -0.444 e. The number of carbonyl (C=O) groups is 1. The quantitative estimate of drug-likeness (QED) is 0.863.